The van der Waals surface area contributed by atoms with Crippen LogP contribution in [0.4, 0.5) is 13.2 Å². The molecule has 0 atom stereocenters. The summed E-state index contributed by atoms with van der Waals surface area (Å²) in [6, 6.07) is 21.5. The van der Waals surface area contributed by atoms with E-state index in [9.17, 15) is 18.0 Å². The molecule has 0 aliphatic rings. The van der Waals surface area contributed by atoms with E-state index in [2.05, 4.69) is 22.6 Å². The van der Waals surface area contributed by atoms with Crippen molar-refractivity contribution in [3.63, 3.8) is 0 Å². The van der Waals surface area contributed by atoms with Crippen molar-refractivity contribution in [3.8, 4) is 5.75 Å². The first kappa shape index (κ1) is 25.2. The van der Waals surface area contributed by atoms with Crippen molar-refractivity contribution in [1.82, 2.24) is 0 Å². The van der Waals surface area contributed by atoms with Crippen LogP contribution in [-0.4, -0.2) is 29.6 Å². The molecule has 1 N–H and O–H groups in total. The Morgan fingerprint density at radius 2 is 1.73 bits per heavy atom. The molecule has 3 nitrogen and oxygen atoms in total. The molecule has 0 unspecified atom stereocenters. The molecule has 0 saturated carbocycles. The fraction of sp³-hybridized carbons (Fsp3) is 0.160. The van der Waals surface area contributed by atoms with E-state index in [4.69, 9.17) is 9.84 Å². The van der Waals surface area contributed by atoms with Gasteiger partial charge in [-0.2, -0.15) is 13.2 Å². The first-order valence-electron chi connectivity index (χ1n) is 9.90. The number of benzene rings is 3. The van der Waals surface area contributed by atoms with Crippen LogP contribution in [0.3, 0.4) is 0 Å². The lowest BCUT2D eigenvalue weighted by atomic mass is 9.95. The Bertz CT molecular complexity index is 1130. The molecule has 172 valence electrons. The predicted molar refractivity (Wildman–Crippen MR) is 133 cm³/mol. The number of carboxylic acid groups (broad SMARTS) is 1. The maximum atomic E-state index is 12.9. The van der Waals surface area contributed by atoms with Gasteiger partial charge in [0.2, 0.25) is 0 Å². The van der Waals surface area contributed by atoms with E-state index in [0.29, 0.717) is 11.5 Å². The molecule has 3 aromatic rings. The molecule has 0 aromatic heterocycles. The first-order chi connectivity index (χ1) is 15.7. The van der Waals surface area contributed by atoms with Crippen LogP contribution in [0.1, 0.15) is 16.7 Å². The molecule has 3 rings (SSSR count). The number of carbonyl (C=O) groups is 1. The number of aliphatic carboxylic acids is 1. The summed E-state index contributed by atoms with van der Waals surface area (Å²) in [6.45, 7) is -0.404. The van der Waals surface area contributed by atoms with E-state index in [-0.39, 0.29) is 5.56 Å². The lowest BCUT2D eigenvalue weighted by Gasteiger charge is -2.12. The third kappa shape index (κ3) is 8.12. The standard InChI is InChI=1S/C25H20F3IO3S/c26-25(27,28)15-17-5-4-8-19(13-17)21(18-6-2-1-3-7-18)11-12-33-23-10-9-20(14-22(23)29)32-16-24(30)31/h1-11,13-14H,12,15-16H2,(H,30,31). The molecular formula is C25H20F3IO3S. The van der Waals surface area contributed by atoms with E-state index in [0.717, 1.165) is 25.2 Å². The summed E-state index contributed by atoms with van der Waals surface area (Å²) in [4.78, 5) is 11.7. The van der Waals surface area contributed by atoms with Crippen molar-refractivity contribution in [3.05, 3.63) is 99.1 Å². The van der Waals surface area contributed by atoms with E-state index >= 15 is 0 Å². The van der Waals surface area contributed by atoms with Gasteiger partial charge in [0.05, 0.1) is 6.42 Å². The zero-order chi connectivity index (χ0) is 23.8. The summed E-state index contributed by atoms with van der Waals surface area (Å²) >= 11 is 3.74. The highest BCUT2D eigenvalue weighted by Gasteiger charge is 2.27. The van der Waals surface area contributed by atoms with Crippen molar-refractivity contribution in [2.24, 2.45) is 0 Å². The van der Waals surface area contributed by atoms with E-state index in [1.54, 1.807) is 36.0 Å². The van der Waals surface area contributed by atoms with Crippen molar-refractivity contribution in [2.75, 3.05) is 12.4 Å². The largest absolute Gasteiger partial charge is 0.482 e. The third-order valence-electron chi connectivity index (χ3n) is 4.52. The maximum Gasteiger partial charge on any atom is 0.393 e. The number of ether oxygens (including phenoxy) is 1. The van der Waals surface area contributed by atoms with Crippen LogP contribution in [-0.2, 0) is 11.2 Å². The molecule has 0 saturated heterocycles. The zero-order valence-electron chi connectivity index (χ0n) is 17.3. The van der Waals surface area contributed by atoms with Crippen molar-refractivity contribution in [2.45, 2.75) is 17.5 Å². The van der Waals surface area contributed by atoms with Gasteiger partial charge in [-0.25, -0.2) is 4.79 Å². The van der Waals surface area contributed by atoms with Gasteiger partial charge in [0, 0.05) is 14.2 Å². The smallest absolute Gasteiger partial charge is 0.393 e. The van der Waals surface area contributed by atoms with Crippen molar-refractivity contribution in [1.29, 1.82) is 0 Å². The summed E-state index contributed by atoms with van der Waals surface area (Å²) in [5.74, 6) is 0.0356. The molecule has 0 fully saturated rings. The van der Waals surface area contributed by atoms with Gasteiger partial charge >= 0.3 is 12.1 Å². The molecule has 0 aliphatic carbocycles. The summed E-state index contributed by atoms with van der Waals surface area (Å²) in [5, 5.41) is 8.73. The molecular weight excluding hydrogens is 564 g/mol. The highest BCUT2D eigenvalue weighted by Crippen LogP contribution is 2.31. The number of halogens is 4. The Morgan fingerprint density at radius 3 is 2.39 bits per heavy atom. The fourth-order valence-electron chi connectivity index (χ4n) is 3.15. The highest BCUT2D eigenvalue weighted by atomic mass is 127. The van der Waals surface area contributed by atoms with Gasteiger partial charge in [-0.3, -0.25) is 0 Å². The minimum absolute atomic E-state index is 0.223. The van der Waals surface area contributed by atoms with Crippen LogP contribution < -0.4 is 4.74 Å². The Balaban J connectivity index is 1.81. The Hall–Kier alpha value is -2.46. The van der Waals surface area contributed by atoms with Gasteiger partial charge in [0.15, 0.2) is 6.61 Å². The van der Waals surface area contributed by atoms with Crippen LogP contribution in [0.15, 0.2) is 83.8 Å². The lowest BCUT2D eigenvalue weighted by molar-refractivity contribution is -0.139. The molecule has 0 bridgehead atoms. The summed E-state index contributed by atoms with van der Waals surface area (Å²) in [6.07, 6.45) is -3.22. The Kier molecular flexibility index (Phi) is 8.85. The van der Waals surface area contributed by atoms with Gasteiger partial charge < -0.3 is 9.84 Å². The highest BCUT2D eigenvalue weighted by molar-refractivity contribution is 14.1. The summed E-state index contributed by atoms with van der Waals surface area (Å²) in [7, 11) is 0. The summed E-state index contributed by atoms with van der Waals surface area (Å²) < 4.78 is 44.8. The minimum atomic E-state index is -4.26. The van der Waals surface area contributed by atoms with Crippen molar-refractivity contribution < 1.29 is 27.8 Å². The average molecular weight is 584 g/mol. The monoisotopic (exact) mass is 584 g/mol. The molecule has 0 radical (unpaired) electrons. The van der Waals surface area contributed by atoms with Crippen molar-refractivity contribution >= 4 is 45.9 Å². The van der Waals surface area contributed by atoms with Gasteiger partial charge in [-0.15, -0.1) is 11.8 Å². The van der Waals surface area contributed by atoms with Crippen LogP contribution in [0.2, 0.25) is 0 Å². The second-order valence-electron chi connectivity index (χ2n) is 7.06. The van der Waals surface area contributed by atoms with Gasteiger partial charge in [-0.1, -0.05) is 60.7 Å². The van der Waals surface area contributed by atoms with Gasteiger partial charge in [-0.05, 0) is 63.1 Å². The minimum Gasteiger partial charge on any atom is -0.482 e. The Morgan fingerprint density at radius 1 is 1.00 bits per heavy atom. The van der Waals surface area contributed by atoms with Crippen LogP contribution in [0.5, 0.6) is 5.75 Å². The van der Waals surface area contributed by atoms with Crippen LogP contribution >= 0.6 is 34.4 Å². The molecule has 33 heavy (non-hydrogen) atoms. The maximum absolute atomic E-state index is 12.9. The molecule has 0 aliphatic heterocycles. The topological polar surface area (TPSA) is 46.5 Å². The van der Waals surface area contributed by atoms with Crippen LogP contribution in [0, 0.1) is 3.57 Å². The average Bonchev–Trinajstić information content (AvgIpc) is 2.76. The fourth-order valence-corrected chi connectivity index (χ4v) is 4.89. The molecule has 3 aromatic carbocycles. The van der Waals surface area contributed by atoms with E-state index in [1.807, 2.05) is 48.5 Å². The second kappa shape index (κ2) is 11.6. The van der Waals surface area contributed by atoms with Gasteiger partial charge in [0.1, 0.15) is 5.75 Å². The SMILES string of the molecule is O=C(O)COc1ccc(SCC=C(c2ccccc2)c2cccc(CC(F)(F)F)c2)c(I)c1. The predicted octanol–water partition coefficient (Wildman–Crippen LogP) is 7.08. The second-order valence-corrected chi connectivity index (χ2v) is 9.29. The van der Waals surface area contributed by atoms with E-state index < -0.39 is 25.2 Å². The quantitative estimate of drug-likeness (QED) is 0.216. The number of alkyl halides is 3. The van der Waals surface area contributed by atoms with E-state index in [1.165, 1.54) is 6.07 Å². The summed E-state index contributed by atoms with van der Waals surface area (Å²) in [5.41, 5.74) is 2.74. The number of carboxylic acids is 1. The number of hydrogen-bond acceptors (Lipinski definition) is 3. The molecule has 0 spiro atoms. The molecule has 0 heterocycles. The normalized spacial score (nSPS) is 11.9. The molecule has 0 amide bonds. The molecule has 8 heteroatoms. The number of hydrogen-bond donors (Lipinski definition) is 1. The van der Waals surface area contributed by atoms with Gasteiger partial charge in [0.25, 0.3) is 0 Å². The number of rotatable bonds is 9. The lowest BCUT2D eigenvalue weighted by Crippen LogP contribution is -2.11. The third-order valence-corrected chi connectivity index (χ3v) is 6.78. The Labute approximate surface area is 207 Å². The van der Waals surface area contributed by atoms with Crippen LogP contribution in [0.25, 0.3) is 5.57 Å². The first-order valence-corrected chi connectivity index (χ1v) is 12.0. The number of thioether (sulfide) groups is 1. The zero-order valence-corrected chi connectivity index (χ0v) is 20.3.